The van der Waals surface area contributed by atoms with Crippen LogP contribution in [0.3, 0.4) is 0 Å². The number of oxime groups is 1. The van der Waals surface area contributed by atoms with Crippen molar-refractivity contribution in [3.05, 3.63) is 5.82 Å². The number of aromatic nitrogens is 2. The number of carbonyl (C=O) groups is 1. The third kappa shape index (κ3) is 3.89. The van der Waals surface area contributed by atoms with Gasteiger partial charge < -0.3 is 15.3 Å². The molecule has 0 aromatic carbocycles. The number of hydrogen-bond acceptors (Lipinski definition) is 9. The Labute approximate surface area is 114 Å². The van der Waals surface area contributed by atoms with Gasteiger partial charge in [-0.15, -0.1) is 0 Å². The Hall–Kier alpha value is -2.21. The van der Waals surface area contributed by atoms with Crippen LogP contribution >= 0.6 is 11.5 Å². The molecule has 0 atom stereocenters. The zero-order valence-corrected chi connectivity index (χ0v) is 11.5. The number of nitrogen functional groups attached to an aromatic ring is 1. The summed E-state index contributed by atoms with van der Waals surface area (Å²) in [7, 11) is 0. The summed E-state index contributed by atoms with van der Waals surface area (Å²) in [5, 5.41) is 12.7. The van der Waals surface area contributed by atoms with Gasteiger partial charge in [-0.05, 0) is 20.8 Å². The number of nitrogens with two attached hydrogens (primary N) is 1. The van der Waals surface area contributed by atoms with Crippen LogP contribution in [0.5, 0.6) is 0 Å². The smallest absolute Gasteiger partial charge is 0.352 e. The summed E-state index contributed by atoms with van der Waals surface area (Å²) in [6.45, 7) is 4.86. The number of anilines is 1. The molecule has 0 unspecified atom stereocenters. The number of nitrogens with zero attached hydrogens (tertiary/aromatic N) is 4. The fourth-order valence-electron chi connectivity index (χ4n) is 0.945. The summed E-state index contributed by atoms with van der Waals surface area (Å²) in [4.78, 5) is 20.4. The van der Waals surface area contributed by atoms with Gasteiger partial charge in [-0.3, -0.25) is 0 Å². The molecule has 9 heteroatoms. The maximum absolute atomic E-state index is 11.6. The van der Waals surface area contributed by atoms with E-state index >= 15 is 0 Å². The number of hydrogen-bond donors (Lipinski definition) is 1. The molecule has 0 amide bonds. The Morgan fingerprint density at radius 3 is 2.79 bits per heavy atom. The molecule has 0 aliphatic carbocycles. The summed E-state index contributed by atoms with van der Waals surface area (Å²) < 4.78 is 8.64. The van der Waals surface area contributed by atoms with Crippen LogP contribution in [-0.4, -0.2) is 33.2 Å². The van der Waals surface area contributed by atoms with E-state index in [4.69, 9.17) is 20.6 Å². The molecule has 19 heavy (non-hydrogen) atoms. The molecular formula is C10H13N5O3S. The minimum absolute atomic E-state index is 0.0599. The molecule has 0 saturated heterocycles. The molecule has 0 saturated carbocycles. The molecule has 102 valence electrons. The summed E-state index contributed by atoms with van der Waals surface area (Å²) in [6, 6.07) is 1.77. The lowest BCUT2D eigenvalue weighted by Gasteiger charge is -2.19. The SMILES string of the molecule is CCOC(=O)C(C)(C)ON=C(C#N)c1nsc(N)n1. The second-order valence-electron chi connectivity index (χ2n) is 3.83. The van der Waals surface area contributed by atoms with Gasteiger partial charge in [-0.1, -0.05) is 5.16 Å². The Bertz CT molecular complexity index is 532. The van der Waals surface area contributed by atoms with Crippen LogP contribution in [-0.2, 0) is 14.4 Å². The first-order valence-corrected chi connectivity index (χ1v) is 6.11. The zero-order chi connectivity index (χ0) is 14.5. The summed E-state index contributed by atoms with van der Waals surface area (Å²) in [5.74, 6) is -0.522. The van der Waals surface area contributed by atoms with Crippen molar-refractivity contribution in [2.24, 2.45) is 5.16 Å². The number of ether oxygens (including phenoxy) is 1. The van der Waals surface area contributed by atoms with E-state index in [9.17, 15) is 4.79 Å². The zero-order valence-electron chi connectivity index (χ0n) is 10.7. The van der Waals surface area contributed by atoms with Crippen LogP contribution in [0.2, 0.25) is 0 Å². The Morgan fingerprint density at radius 1 is 1.63 bits per heavy atom. The van der Waals surface area contributed by atoms with Crippen molar-refractivity contribution in [2.45, 2.75) is 26.4 Å². The fourth-order valence-corrected chi connectivity index (χ4v) is 1.38. The second-order valence-corrected chi connectivity index (χ2v) is 4.61. The molecule has 1 heterocycles. The van der Waals surface area contributed by atoms with Gasteiger partial charge in [-0.25, -0.2) is 4.79 Å². The van der Waals surface area contributed by atoms with Gasteiger partial charge in [0.25, 0.3) is 0 Å². The van der Waals surface area contributed by atoms with Crippen molar-refractivity contribution in [3.63, 3.8) is 0 Å². The number of rotatable bonds is 5. The number of esters is 1. The highest BCUT2D eigenvalue weighted by atomic mass is 32.1. The third-order valence-corrected chi connectivity index (χ3v) is 2.43. The lowest BCUT2D eigenvalue weighted by molar-refractivity contribution is -0.167. The van der Waals surface area contributed by atoms with E-state index in [1.807, 2.05) is 0 Å². The van der Waals surface area contributed by atoms with Crippen LogP contribution in [0.15, 0.2) is 5.16 Å². The lowest BCUT2D eigenvalue weighted by Crippen LogP contribution is -2.35. The van der Waals surface area contributed by atoms with E-state index in [-0.39, 0.29) is 23.3 Å². The number of nitriles is 1. The molecule has 0 aliphatic heterocycles. The molecule has 1 aromatic heterocycles. The second kappa shape index (κ2) is 6.10. The van der Waals surface area contributed by atoms with Crippen LogP contribution in [0.1, 0.15) is 26.6 Å². The molecule has 1 aromatic rings. The molecule has 0 radical (unpaired) electrons. The largest absolute Gasteiger partial charge is 0.463 e. The highest BCUT2D eigenvalue weighted by molar-refractivity contribution is 7.09. The van der Waals surface area contributed by atoms with E-state index in [1.165, 1.54) is 13.8 Å². The van der Waals surface area contributed by atoms with Gasteiger partial charge in [0.15, 0.2) is 5.13 Å². The summed E-state index contributed by atoms with van der Waals surface area (Å²) in [6.07, 6.45) is 0. The Morgan fingerprint density at radius 2 is 2.32 bits per heavy atom. The minimum Gasteiger partial charge on any atom is -0.463 e. The monoisotopic (exact) mass is 283 g/mol. The molecular weight excluding hydrogens is 270 g/mol. The molecule has 1 rings (SSSR count). The lowest BCUT2D eigenvalue weighted by atomic mass is 10.1. The van der Waals surface area contributed by atoms with E-state index < -0.39 is 11.6 Å². The van der Waals surface area contributed by atoms with Crippen LogP contribution in [0.25, 0.3) is 0 Å². The van der Waals surface area contributed by atoms with Gasteiger partial charge in [0.1, 0.15) is 6.07 Å². The van der Waals surface area contributed by atoms with Crippen molar-refractivity contribution in [1.29, 1.82) is 5.26 Å². The fraction of sp³-hybridized carbons (Fsp3) is 0.500. The molecule has 0 bridgehead atoms. The van der Waals surface area contributed by atoms with Gasteiger partial charge in [-0.2, -0.15) is 14.6 Å². The first kappa shape index (κ1) is 14.8. The predicted octanol–water partition coefficient (Wildman–Crippen LogP) is 0.706. The van der Waals surface area contributed by atoms with E-state index in [0.717, 1.165) is 11.5 Å². The number of carbonyl (C=O) groups excluding carboxylic acids is 1. The normalized spacial score (nSPS) is 11.8. The van der Waals surface area contributed by atoms with E-state index in [0.29, 0.717) is 0 Å². The van der Waals surface area contributed by atoms with Crippen LogP contribution in [0, 0.1) is 11.3 Å². The summed E-state index contributed by atoms with van der Waals surface area (Å²) in [5.41, 5.74) is 3.94. The molecule has 0 fully saturated rings. The molecule has 0 spiro atoms. The Kier molecular flexibility index (Phi) is 4.77. The third-order valence-electron chi connectivity index (χ3n) is 1.89. The van der Waals surface area contributed by atoms with Crippen LogP contribution in [0.4, 0.5) is 5.13 Å². The predicted molar refractivity (Wildman–Crippen MR) is 68.3 cm³/mol. The Balaban J connectivity index is 2.84. The van der Waals surface area contributed by atoms with Crippen molar-refractivity contribution >= 4 is 28.3 Å². The highest BCUT2D eigenvalue weighted by Gasteiger charge is 2.32. The topological polar surface area (TPSA) is 123 Å². The first-order valence-electron chi connectivity index (χ1n) is 5.33. The molecule has 0 aliphatic rings. The van der Waals surface area contributed by atoms with Crippen molar-refractivity contribution in [2.75, 3.05) is 12.3 Å². The standard InChI is InChI=1S/C10H13N5O3S/c1-4-17-8(16)10(2,3)18-14-6(5-11)7-13-9(12)19-15-7/h4H2,1-3H3,(H2,12,13,15). The van der Waals surface area contributed by atoms with Gasteiger partial charge in [0.2, 0.25) is 17.1 Å². The van der Waals surface area contributed by atoms with E-state index in [2.05, 4.69) is 14.5 Å². The van der Waals surface area contributed by atoms with Crippen molar-refractivity contribution in [3.8, 4) is 6.07 Å². The van der Waals surface area contributed by atoms with Crippen LogP contribution < -0.4 is 5.73 Å². The quantitative estimate of drug-likeness (QED) is 0.479. The van der Waals surface area contributed by atoms with Crippen molar-refractivity contribution < 1.29 is 14.4 Å². The summed E-state index contributed by atoms with van der Waals surface area (Å²) >= 11 is 0.933. The highest BCUT2D eigenvalue weighted by Crippen LogP contribution is 2.13. The van der Waals surface area contributed by atoms with E-state index in [1.54, 1.807) is 13.0 Å². The first-order chi connectivity index (χ1) is 8.90. The molecule has 2 N–H and O–H groups in total. The van der Waals surface area contributed by atoms with Gasteiger partial charge in [0, 0.05) is 11.5 Å². The average molecular weight is 283 g/mol. The minimum atomic E-state index is -1.31. The van der Waals surface area contributed by atoms with Gasteiger partial charge in [0.05, 0.1) is 6.61 Å². The van der Waals surface area contributed by atoms with Gasteiger partial charge >= 0.3 is 5.97 Å². The molecule has 8 nitrogen and oxygen atoms in total. The maximum atomic E-state index is 11.6. The average Bonchev–Trinajstić information content (AvgIpc) is 2.77. The van der Waals surface area contributed by atoms with Crippen molar-refractivity contribution in [1.82, 2.24) is 9.36 Å². The maximum Gasteiger partial charge on any atom is 0.352 e.